The molecule has 2 aromatic carbocycles. The predicted molar refractivity (Wildman–Crippen MR) is 113 cm³/mol. The summed E-state index contributed by atoms with van der Waals surface area (Å²) >= 11 is 0. The van der Waals surface area contributed by atoms with E-state index in [0.717, 1.165) is 22.4 Å². The summed E-state index contributed by atoms with van der Waals surface area (Å²) in [5.74, 6) is 0.695. The van der Waals surface area contributed by atoms with Crippen LogP contribution in [-0.2, 0) is 6.61 Å². The van der Waals surface area contributed by atoms with Crippen molar-refractivity contribution in [2.24, 2.45) is 0 Å². The molecule has 0 fully saturated rings. The molecule has 2 aromatic heterocycles. The molecule has 2 heterocycles. The number of nitrogens with zero attached hydrogens (tertiary/aromatic N) is 2. The summed E-state index contributed by atoms with van der Waals surface area (Å²) in [5, 5.41) is 13.5. The van der Waals surface area contributed by atoms with E-state index >= 15 is 0 Å². The lowest BCUT2D eigenvalue weighted by molar-refractivity contribution is 0.282. The second-order valence-corrected chi connectivity index (χ2v) is 6.96. The van der Waals surface area contributed by atoms with Crippen LogP contribution in [0.5, 0.6) is 0 Å². The van der Waals surface area contributed by atoms with E-state index in [4.69, 9.17) is 4.42 Å². The summed E-state index contributed by atoms with van der Waals surface area (Å²) in [6, 6.07) is 14.4. The normalized spacial score (nSPS) is 12.1. The predicted octanol–water partition coefficient (Wildman–Crippen LogP) is 4.22. The van der Waals surface area contributed by atoms with Gasteiger partial charge in [0.05, 0.1) is 18.0 Å². The van der Waals surface area contributed by atoms with Crippen molar-refractivity contribution in [3.63, 3.8) is 0 Å². The molecular weight excluding hydrogens is 366 g/mol. The van der Waals surface area contributed by atoms with Crippen LogP contribution < -0.4 is 10.7 Å². The number of hydrogen-bond acceptors (Lipinski definition) is 6. The first-order chi connectivity index (χ1) is 14.1. The molecule has 4 aromatic rings. The van der Waals surface area contributed by atoms with Crippen molar-refractivity contribution in [1.82, 2.24) is 9.97 Å². The van der Waals surface area contributed by atoms with E-state index in [1.807, 2.05) is 50.2 Å². The van der Waals surface area contributed by atoms with Crippen molar-refractivity contribution in [1.29, 1.82) is 0 Å². The maximum Gasteiger partial charge on any atom is 0.195 e. The van der Waals surface area contributed by atoms with Crippen LogP contribution in [-0.4, -0.2) is 15.1 Å². The Morgan fingerprint density at radius 3 is 2.62 bits per heavy atom. The molecule has 4 rings (SSSR count). The van der Waals surface area contributed by atoms with Gasteiger partial charge in [0, 0.05) is 35.3 Å². The van der Waals surface area contributed by atoms with E-state index < -0.39 is 0 Å². The number of hydrogen-bond donors (Lipinski definition) is 2. The Hall–Kier alpha value is -3.51. The number of fused-ring (bicyclic) bond motifs is 1. The molecule has 0 bridgehead atoms. The topological polar surface area (TPSA) is 88.2 Å². The maximum absolute atomic E-state index is 12.8. The largest absolute Gasteiger partial charge is 0.452 e. The highest BCUT2D eigenvalue weighted by Crippen LogP contribution is 2.30. The highest BCUT2D eigenvalue weighted by atomic mass is 16.3. The van der Waals surface area contributed by atoms with E-state index in [1.54, 1.807) is 18.5 Å². The van der Waals surface area contributed by atoms with Crippen molar-refractivity contribution in [3.05, 3.63) is 87.8 Å². The number of aromatic nitrogens is 2. The van der Waals surface area contributed by atoms with Crippen LogP contribution in [0, 0.1) is 6.92 Å². The minimum absolute atomic E-state index is 0.0605. The SMILES string of the molecule is Cc1cc(C(C)Nc2ccccc2CO)c2oc(-c3ncccn3)cc(=O)c2c1. The summed E-state index contributed by atoms with van der Waals surface area (Å²) in [4.78, 5) is 21.2. The molecular formula is C23H21N3O3. The quantitative estimate of drug-likeness (QED) is 0.533. The first-order valence-corrected chi connectivity index (χ1v) is 9.38. The Balaban J connectivity index is 1.85. The molecule has 0 saturated heterocycles. The van der Waals surface area contributed by atoms with Gasteiger partial charge in [-0.3, -0.25) is 4.79 Å². The van der Waals surface area contributed by atoms with Crippen molar-refractivity contribution in [3.8, 4) is 11.6 Å². The summed E-state index contributed by atoms with van der Waals surface area (Å²) in [6.45, 7) is 3.88. The summed E-state index contributed by atoms with van der Waals surface area (Å²) in [6.07, 6.45) is 3.22. The molecule has 6 nitrogen and oxygen atoms in total. The molecule has 146 valence electrons. The highest BCUT2D eigenvalue weighted by molar-refractivity contribution is 5.83. The fourth-order valence-corrected chi connectivity index (χ4v) is 3.40. The standard InChI is InChI=1S/C23H21N3O3/c1-14-10-17(15(2)26-19-7-4-3-6-16(19)13-27)22-18(11-14)20(28)12-21(29-22)23-24-8-5-9-25-23/h3-12,15,26-27H,13H2,1-2H3. The number of rotatable bonds is 5. The third-order valence-electron chi connectivity index (χ3n) is 4.81. The Morgan fingerprint density at radius 1 is 1.10 bits per heavy atom. The fraction of sp³-hybridized carbons (Fsp3) is 0.174. The van der Waals surface area contributed by atoms with Crippen molar-refractivity contribution < 1.29 is 9.52 Å². The fourth-order valence-electron chi connectivity index (χ4n) is 3.40. The molecule has 6 heteroatoms. The molecule has 0 saturated carbocycles. The second kappa shape index (κ2) is 7.85. The van der Waals surface area contributed by atoms with Gasteiger partial charge in [-0.15, -0.1) is 0 Å². The van der Waals surface area contributed by atoms with Crippen LogP contribution in [0.2, 0.25) is 0 Å². The zero-order valence-corrected chi connectivity index (χ0v) is 16.2. The van der Waals surface area contributed by atoms with Gasteiger partial charge in [0.1, 0.15) is 5.58 Å². The average Bonchev–Trinajstić information content (AvgIpc) is 2.74. The second-order valence-electron chi connectivity index (χ2n) is 6.96. The van der Waals surface area contributed by atoms with E-state index in [1.165, 1.54) is 6.07 Å². The van der Waals surface area contributed by atoms with Crippen LogP contribution in [0.4, 0.5) is 5.69 Å². The van der Waals surface area contributed by atoms with Crippen molar-refractivity contribution in [2.45, 2.75) is 26.5 Å². The van der Waals surface area contributed by atoms with E-state index in [9.17, 15) is 9.90 Å². The van der Waals surface area contributed by atoms with Crippen LogP contribution in [0.25, 0.3) is 22.6 Å². The molecule has 0 spiro atoms. The maximum atomic E-state index is 12.8. The minimum atomic E-state index is -0.166. The number of para-hydroxylation sites is 1. The van der Waals surface area contributed by atoms with Crippen LogP contribution in [0.1, 0.15) is 29.7 Å². The molecule has 0 aliphatic carbocycles. The lowest BCUT2D eigenvalue weighted by Crippen LogP contribution is -2.11. The molecule has 0 aliphatic rings. The minimum Gasteiger partial charge on any atom is -0.452 e. The molecule has 0 radical (unpaired) electrons. The van der Waals surface area contributed by atoms with Crippen LogP contribution in [0.3, 0.4) is 0 Å². The Kier molecular flexibility index (Phi) is 5.10. The molecule has 1 unspecified atom stereocenters. The third kappa shape index (κ3) is 3.75. The Bertz CT molecular complexity index is 1220. The third-order valence-corrected chi connectivity index (χ3v) is 4.81. The van der Waals surface area contributed by atoms with Gasteiger partial charge in [-0.1, -0.05) is 24.3 Å². The number of anilines is 1. The molecule has 0 aliphatic heterocycles. The van der Waals surface area contributed by atoms with Gasteiger partial charge in [0.15, 0.2) is 17.0 Å². The van der Waals surface area contributed by atoms with Crippen molar-refractivity contribution in [2.75, 3.05) is 5.32 Å². The van der Waals surface area contributed by atoms with E-state index in [0.29, 0.717) is 22.6 Å². The van der Waals surface area contributed by atoms with Crippen LogP contribution in [0.15, 0.2) is 70.1 Å². The number of nitrogens with one attached hydrogen (secondary N) is 1. The van der Waals surface area contributed by atoms with Gasteiger partial charge >= 0.3 is 0 Å². The summed E-state index contributed by atoms with van der Waals surface area (Å²) in [7, 11) is 0. The molecule has 2 N–H and O–H groups in total. The average molecular weight is 387 g/mol. The van der Waals surface area contributed by atoms with Gasteiger partial charge in [-0.25, -0.2) is 9.97 Å². The Labute approximate surface area is 167 Å². The van der Waals surface area contributed by atoms with E-state index in [2.05, 4.69) is 15.3 Å². The van der Waals surface area contributed by atoms with Crippen LogP contribution >= 0.6 is 0 Å². The molecule has 1 atom stereocenters. The van der Waals surface area contributed by atoms with Gasteiger partial charge in [-0.05, 0) is 37.6 Å². The number of aryl methyl sites for hydroxylation is 1. The van der Waals surface area contributed by atoms with Gasteiger partial charge in [-0.2, -0.15) is 0 Å². The highest BCUT2D eigenvalue weighted by Gasteiger charge is 2.17. The molecule has 29 heavy (non-hydrogen) atoms. The number of benzene rings is 2. The first kappa shape index (κ1) is 18.8. The molecule has 0 amide bonds. The summed E-state index contributed by atoms with van der Waals surface area (Å²) in [5.41, 5.74) is 3.82. The van der Waals surface area contributed by atoms with Crippen molar-refractivity contribution >= 4 is 16.7 Å². The lowest BCUT2D eigenvalue weighted by atomic mass is 10.0. The van der Waals surface area contributed by atoms with E-state index in [-0.39, 0.29) is 18.1 Å². The number of aliphatic hydroxyl groups excluding tert-OH is 1. The lowest BCUT2D eigenvalue weighted by Gasteiger charge is -2.19. The van der Waals surface area contributed by atoms with Gasteiger partial charge in [0.2, 0.25) is 0 Å². The Morgan fingerprint density at radius 2 is 1.86 bits per heavy atom. The van der Waals surface area contributed by atoms with Gasteiger partial charge in [0.25, 0.3) is 0 Å². The zero-order valence-electron chi connectivity index (χ0n) is 16.2. The monoisotopic (exact) mass is 387 g/mol. The number of aliphatic hydroxyl groups is 1. The first-order valence-electron chi connectivity index (χ1n) is 9.38. The smallest absolute Gasteiger partial charge is 0.195 e. The van der Waals surface area contributed by atoms with Gasteiger partial charge < -0.3 is 14.8 Å². The zero-order chi connectivity index (χ0) is 20.4. The summed E-state index contributed by atoms with van der Waals surface area (Å²) < 4.78 is 6.12.